The number of hydrogen-bond acceptors (Lipinski definition) is 5. The molecule has 1 amide bonds. The first-order valence-electron chi connectivity index (χ1n) is 10.8. The van der Waals surface area contributed by atoms with Crippen molar-refractivity contribution >= 4 is 29.1 Å². The van der Waals surface area contributed by atoms with Crippen LogP contribution in [0.3, 0.4) is 0 Å². The Labute approximate surface area is 199 Å². The molecule has 0 atom stereocenters. The van der Waals surface area contributed by atoms with Crippen molar-refractivity contribution in [2.45, 2.75) is 38.3 Å². The van der Waals surface area contributed by atoms with E-state index in [-0.39, 0.29) is 12.5 Å². The molecule has 174 valence electrons. The van der Waals surface area contributed by atoms with Gasteiger partial charge in [-0.3, -0.25) is 9.69 Å². The number of piperidine rings is 1. The van der Waals surface area contributed by atoms with Crippen LogP contribution in [0.1, 0.15) is 31.7 Å². The van der Waals surface area contributed by atoms with Crippen LogP contribution in [0, 0.1) is 0 Å². The van der Waals surface area contributed by atoms with Gasteiger partial charge in [-0.25, -0.2) is 0 Å². The van der Waals surface area contributed by atoms with Crippen molar-refractivity contribution in [3.8, 4) is 11.5 Å². The smallest absolute Gasteiger partial charge is 0.216 e. The topological polar surface area (TPSA) is 71.0 Å². The number of nitrogens with zero attached hydrogens (tertiary/aromatic N) is 1. The van der Waals surface area contributed by atoms with Crippen LogP contribution < -0.4 is 14.8 Å². The zero-order valence-corrected chi connectivity index (χ0v) is 19.8. The van der Waals surface area contributed by atoms with Crippen LogP contribution in [-0.2, 0) is 11.3 Å². The largest absolute Gasteiger partial charge is 0.494 e. The van der Waals surface area contributed by atoms with Crippen molar-refractivity contribution in [1.29, 1.82) is 0 Å². The highest BCUT2D eigenvalue weighted by Gasteiger charge is 2.33. The molecule has 1 fully saturated rings. The van der Waals surface area contributed by atoms with Crippen LogP contribution in [0.5, 0.6) is 11.5 Å². The first kappa shape index (κ1) is 24.6. The molecule has 0 unspecified atom stereocenters. The Morgan fingerprint density at radius 2 is 1.75 bits per heavy atom. The van der Waals surface area contributed by atoms with E-state index in [1.807, 2.05) is 12.1 Å². The fourth-order valence-electron chi connectivity index (χ4n) is 3.53. The molecule has 0 aromatic heterocycles. The molecule has 0 bridgehead atoms. The zero-order valence-electron chi connectivity index (χ0n) is 18.3. The lowest BCUT2D eigenvalue weighted by atomic mass is 9.92. The van der Waals surface area contributed by atoms with Gasteiger partial charge in [-0.15, -0.1) is 0 Å². The number of amides is 1. The minimum atomic E-state index is -0.850. The van der Waals surface area contributed by atoms with Gasteiger partial charge in [0.2, 0.25) is 5.91 Å². The van der Waals surface area contributed by atoms with Crippen LogP contribution in [0.25, 0.3) is 0 Å². The number of aliphatic hydroxyl groups is 1. The highest BCUT2D eigenvalue weighted by Crippen LogP contribution is 2.29. The van der Waals surface area contributed by atoms with Gasteiger partial charge in [0.1, 0.15) is 23.7 Å². The second-order valence-electron chi connectivity index (χ2n) is 8.19. The maximum absolute atomic E-state index is 10.9. The SMILES string of the molecule is CC(=O)NCCCOc1ccc(CN2CCC(O)(COc3ccc(Cl)c(Cl)c3)CC2)cc1. The summed E-state index contributed by atoms with van der Waals surface area (Å²) in [5.74, 6) is 1.40. The quantitative estimate of drug-likeness (QED) is 0.495. The molecule has 1 saturated heterocycles. The minimum absolute atomic E-state index is 0.0236. The van der Waals surface area contributed by atoms with Crippen molar-refractivity contribution < 1.29 is 19.4 Å². The lowest BCUT2D eigenvalue weighted by Gasteiger charge is -2.38. The Kier molecular flexibility index (Phi) is 9.05. The first-order chi connectivity index (χ1) is 15.3. The van der Waals surface area contributed by atoms with Crippen LogP contribution in [-0.4, -0.2) is 54.4 Å². The molecule has 2 N–H and O–H groups in total. The van der Waals surface area contributed by atoms with E-state index >= 15 is 0 Å². The number of carbonyl (C=O) groups is 1. The minimum Gasteiger partial charge on any atom is -0.494 e. The number of likely N-dealkylation sites (tertiary alicyclic amines) is 1. The van der Waals surface area contributed by atoms with Gasteiger partial charge in [0.15, 0.2) is 0 Å². The molecule has 0 saturated carbocycles. The Morgan fingerprint density at radius 3 is 2.41 bits per heavy atom. The lowest BCUT2D eigenvalue weighted by molar-refractivity contribution is -0.118. The van der Waals surface area contributed by atoms with Gasteiger partial charge in [-0.1, -0.05) is 35.3 Å². The summed E-state index contributed by atoms with van der Waals surface area (Å²) in [6, 6.07) is 13.2. The number of halogens is 2. The lowest BCUT2D eigenvalue weighted by Crippen LogP contribution is -2.47. The Morgan fingerprint density at radius 1 is 1.06 bits per heavy atom. The summed E-state index contributed by atoms with van der Waals surface area (Å²) < 4.78 is 11.5. The molecule has 0 radical (unpaired) electrons. The van der Waals surface area contributed by atoms with Crippen molar-refractivity contribution in [3.05, 3.63) is 58.1 Å². The summed E-state index contributed by atoms with van der Waals surface area (Å²) in [4.78, 5) is 13.2. The average Bonchev–Trinajstić information content (AvgIpc) is 2.77. The number of ether oxygens (including phenoxy) is 2. The van der Waals surface area contributed by atoms with Gasteiger partial charge in [0, 0.05) is 39.2 Å². The Balaban J connectivity index is 1.38. The first-order valence-corrected chi connectivity index (χ1v) is 11.6. The van der Waals surface area contributed by atoms with Crippen LogP contribution in [0.2, 0.25) is 10.0 Å². The fourth-order valence-corrected chi connectivity index (χ4v) is 3.82. The average molecular weight is 481 g/mol. The summed E-state index contributed by atoms with van der Waals surface area (Å²) in [6.07, 6.45) is 2.06. The summed E-state index contributed by atoms with van der Waals surface area (Å²) >= 11 is 12.0. The van der Waals surface area contributed by atoms with Gasteiger partial charge in [-0.05, 0) is 49.1 Å². The molecular formula is C24H30Cl2N2O4. The fraction of sp³-hybridized carbons (Fsp3) is 0.458. The molecule has 6 nitrogen and oxygen atoms in total. The summed E-state index contributed by atoms with van der Waals surface area (Å²) in [5.41, 5.74) is 0.352. The van der Waals surface area contributed by atoms with E-state index < -0.39 is 5.60 Å². The second-order valence-corrected chi connectivity index (χ2v) is 9.01. The van der Waals surface area contributed by atoms with Gasteiger partial charge >= 0.3 is 0 Å². The molecule has 32 heavy (non-hydrogen) atoms. The van der Waals surface area contributed by atoms with Crippen molar-refractivity contribution in [2.75, 3.05) is 32.8 Å². The van der Waals surface area contributed by atoms with Gasteiger partial charge in [0.25, 0.3) is 0 Å². The van der Waals surface area contributed by atoms with E-state index in [2.05, 4.69) is 22.3 Å². The third kappa shape index (κ3) is 7.85. The standard InChI is InChI=1S/C24H30Cl2N2O4/c1-18(29)27-11-2-14-31-20-5-3-19(4-6-20)16-28-12-9-24(30,10-13-28)17-32-21-7-8-22(25)23(26)15-21/h3-8,15,30H,2,9-14,16-17H2,1H3,(H,27,29). The molecule has 8 heteroatoms. The van der Waals surface area contributed by atoms with Gasteiger partial charge < -0.3 is 19.9 Å². The van der Waals surface area contributed by atoms with E-state index in [1.54, 1.807) is 18.2 Å². The molecule has 1 aliphatic heterocycles. The summed E-state index contributed by atoms with van der Waals surface area (Å²) in [5, 5.41) is 14.5. The molecule has 1 aliphatic rings. The summed E-state index contributed by atoms with van der Waals surface area (Å²) in [6.45, 7) is 5.33. The molecule has 1 heterocycles. The van der Waals surface area contributed by atoms with Crippen LogP contribution >= 0.6 is 23.2 Å². The number of nitrogens with one attached hydrogen (secondary N) is 1. The zero-order chi connectivity index (χ0) is 23.0. The van der Waals surface area contributed by atoms with Gasteiger partial charge in [-0.2, -0.15) is 0 Å². The van der Waals surface area contributed by atoms with E-state index in [1.165, 1.54) is 12.5 Å². The molecule has 3 rings (SSSR count). The van der Waals surface area contributed by atoms with E-state index in [0.717, 1.165) is 31.8 Å². The van der Waals surface area contributed by atoms with Crippen molar-refractivity contribution in [1.82, 2.24) is 10.2 Å². The summed E-state index contributed by atoms with van der Waals surface area (Å²) in [7, 11) is 0. The van der Waals surface area contributed by atoms with Crippen molar-refractivity contribution in [3.63, 3.8) is 0 Å². The normalized spacial score (nSPS) is 15.9. The number of carbonyl (C=O) groups excluding carboxylic acids is 1. The molecular weight excluding hydrogens is 451 g/mol. The molecule has 2 aromatic carbocycles. The van der Waals surface area contributed by atoms with Crippen molar-refractivity contribution in [2.24, 2.45) is 0 Å². The van der Waals surface area contributed by atoms with Gasteiger partial charge in [0.05, 0.1) is 16.7 Å². The van der Waals surface area contributed by atoms with Crippen LogP contribution in [0.15, 0.2) is 42.5 Å². The highest BCUT2D eigenvalue weighted by molar-refractivity contribution is 6.42. The number of hydrogen-bond donors (Lipinski definition) is 2. The van der Waals surface area contributed by atoms with Crippen LogP contribution in [0.4, 0.5) is 0 Å². The van der Waals surface area contributed by atoms with E-state index in [9.17, 15) is 9.90 Å². The third-order valence-electron chi connectivity index (χ3n) is 5.48. The monoisotopic (exact) mass is 480 g/mol. The molecule has 0 aliphatic carbocycles. The maximum Gasteiger partial charge on any atom is 0.216 e. The maximum atomic E-state index is 10.9. The Bertz CT molecular complexity index is 884. The third-order valence-corrected chi connectivity index (χ3v) is 6.22. The predicted molar refractivity (Wildman–Crippen MR) is 127 cm³/mol. The number of benzene rings is 2. The second kappa shape index (κ2) is 11.8. The predicted octanol–water partition coefficient (Wildman–Crippen LogP) is 4.30. The number of rotatable bonds is 10. The van der Waals surface area contributed by atoms with E-state index in [0.29, 0.717) is 41.8 Å². The molecule has 2 aromatic rings. The molecule has 0 spiro atoms. The highest BCUT2D eigenvalue weighted by atomic mass is 35.5. The Hall–Kier alpha value is -1.99. The van der Waals surface area contributed by atoms with E-state index in [4.69, 9.17) is 32.7 Å².